The van der Waals surface area contributed by atoms with Crippen molar-refractivity contribution in [1.82, 2.24) is 0 Å². The normalized spacial score (nSPS) is 12.0. The third-order valence-corrected chi connectivity index (χ3v) is 4.68. The molecule has 1 atom stereocenters. The van der Waals surface area contributed by atoms with E-state index in [1.807, 2.05) is 30.3 Å². The molecule has 110 valence electrons. The van der Waals surface area contributed by atoms with E-state index in [2.05, 4.69) is 57.1 Å². The minimum absolute atomic E-state index is 0.106. The average Bonchev–Trinajstić information content (AvgIpc) is 2.46. The van der Waals surface area contributed by atoms with Gasteiger partial charge < -0.3 is 5.32 Å². The minimum Gasteiger partial charge on any atom is -0.322 e. The molecule has 0 saturated carbocycles. The van der Waals surface area contributed by atoms with Gasteiger partial charge in [0.2, 0.25) is 0 Å². The first kappa shape index (κ1) is 16.2. The van der Waals surface area contributed by atoms with E-state index in [1.165, 1.54) is 5.56 Å². The fourth-order valence-electron chi connectivity index (χ4n) is 2.12. The molecule has 0 fully saturated rings. The molecule has 21 heavy (non-hydrogen) atoms. The van der Waals surface area contributed by atoms with E-state index in [4.69, 9.17) is 0 Å². The predicted molar refractivity (Wildman–Crippen MR) is 94.9 cm³/mol. The van der Waals surface area contributed by atoms with Crippen LogP contribution in [-0.2, 0) is 0 Å². The minimum atomic E-state index is -0.106. The van der Waals surface area contributed by atoms with Crippen molar-refractivity contribution in [3.63, 3.8) is 0 Å². The number of amides is 1. The lowest BCUT2D eigenvalue weighted by Gasteiger charge is -2.16. The molecular formula is C17H17Br2NO. The molecule has 2 aromatic carbocycles. The molecule has 0 aliphatic carbocycles. The second kappa shape index (κ2) is 7.23. The van der Waals surface area contributed by atoms with Gasteiger partial charge in [0.15, 0.2) is 0 Å². The standard InChI is InChI=1S/C17H17Br2NO/c1-3-11(2)13-6-4-5-7-16(13)20-17(21)14-9-8-12(18)10-15(14)19/h4-11H,3H2,1-2H3,(H,20,21). The van der Waals surface area contributed by atoms with E-state index in [0.717, 1.165) is 21.1 Å². The number of carbonyl (C=O) groups excluding carboxylic acids is 1. The lowest BCUT2D eigenvalue weighted by atomic mass is 9.97. The van der Waals surface area contributed by atoms with Crippen molar-refractivity contribution < 1.29 is 4.79 Å². The fraction of sp³-hybridized carbons (Fsp3) is 0.235. The van der Waals surface area contributed by atoms with Gasteiger partial charge in [0.1, 0.15) is 0 Å². The highest BCUT2D eigenvalue weighted by molar-refractivity contribution is 9.11. The van der Waals surface area contributed by atoms with E-state index in [-0.39, 0.29) is 5.91 Å². The van der Waals surface area contributed by atoms with Crippen LogP contribution < -0.4 is 5.32 Å². The highest BCUT2D eigenvalue weighted by atomic mass is 79.9. The molecule has 2 nitrogen and oxygen atoms in total. The Morgan fingerprint density at radius 3 is 2.57 bits per heavy atom. The summed E-state index contributed by atoms with van der Waals surface area (Å²) < 4.78 is 1.71. The number of carbonyl (C=O) groups is 1. The van der Waals surface area contributed by atoms with Gasteiger partial charge >= 0.3 is 0 Å². The average molecular weight is 411 g/mol. The summed E-state index contributed by atoms with van der Waals surface area (Å²) in [7, 11) is 0. The molecule has 0 aliphatic rings. The Labute approximate surface area is 142 Å². The molecule has 0 saturated heterocycles. The van der Waals surface area contributed by atoms with Crippen LogP contribution in [0.5, 0.6) is 0 Å². The molecule has 1 unspecified atom stereocenters. The van der Waals surface area contributed by atoms with Crippen LogP contribution >= 0.6 is 31.9 Å². The lowest BCUT2D eigenvalue weighted by molar-refractivity contribution is 0.102. The fourth-order valence-corrected chi connectivity index (χ4v) is 3.35. The predicted octanol–water partition coefficient (Wildman–Crippen LogP) is 5.98. The maximum absolute atomic E-state index is 12.5. The summed E-state index contributed by atoms with van der Waals surface area (Å²) in [6, 6.07) is 13.5. The van der Waals surface area contributed by atoms with Crippen LogP contribution in [0, 0.1) is 0 Å². The van der Waals surface area contributed by atoms with Crippen LogP contribution in [0.15, 0.2) is 51.4 Å². The third-order valence-electron chi connectivity index (χ3n) is 3.53. The van der Waals surface area contributed by atoms with Gasteiger partial charge in [-0.15, -0.1) is 0 Å². The van der Waals surface area contributed by atoms with Crippen molar-refractivity contribution in [1.29, 1.82) is 0 Å². The van der Waals surface area contributed by atoms with Crippen LogP contribution in [0.4, 0.5) is 5.69 Å². The van der Waals surface area contributed by atoms with Crippen LogP contribution in [0.25, 0.3) is 0 Å². The summed E-state index contributed by atoms with van der Waals surface area (Å²) in [5.41, 5.74) is 2.67. The van der Waals surface area contributed by atoms with Crippen LogP contribution in [0.1, 0.15) is 42.1 Å². The number of nitrogens with one attached hydrogen (secondary N) is 1. The smallest absolute Gasteiger partial charge is 0.256 e. The molecule has 0 aromatic heterocycles. The molecule has 2 rings (SSSR count). The second-order valence-electron chi connectivity index (χ2n) is 4.97. The molecule has 1 N–H and O–H groups in total. The number of hydrogen-bond donors (Lipinski definition) is 1. The molecule has 0 bridgehead atoms. The van der Waals surface area contributed by atoms with Crippen LogP contribution in [0.3, 0.4) is 0 Å². The molecule has 1 amide bonds. The van der Waals surface area contributed by atoms with Crippen molar-refractivity contribution in [2.24, 2.45) is 0 Å². The summed E-state index contributed by atoms with van der Waals surface area (Å²) in [6.07, 6.45) is 1.04. The molecule has 0 radical (unpaired) electrons. The van der Waals surface area contributed by atoms with Gasteiger partial charge in [0.05, 0.1) is 5.56 Å². The maximum atomic E-state index is 12.5. The van der Waals surface area contributed by atoms with Crippen LogP contribution in [-0.4, -0.2) is 5.91 Å². The maximum Gasteiger partial charge on any atom is 0.256 e. The van der Waals surface area contributed by atoms with E-state index in [9.17, 15) is 4.79 Å². The van der Waals surface area contributed by atoms with Crippen molar-refractivity contribution in [2.75, 3.05) is 5.32 Å². The summed E-state index contributed by atoms with van der Waals surface area (Å²) in [6.45, 7) is 4.31. The molecule has 0 heterocycles. The third kappa shape index (κ3) is 3.95. The largest absolute Gasteiger partial charge is 0.322 e. The molecule has 0 aliphatic heterocycles. The van der Waals surface area contributed by atoms with E-state index in [0.29, 0.717) is 11.5 Å². The Hall–Kier alpha value is -1.13. The van der Waals surface area contributed by atoms with Gasteiger partial charge in [0, 0.05) is 14.6 Å². The SMILES string of the molecule is CCC(C)c1ccccc1NC(=O)c1ccc(Br)cc1Br. The Bertz CT molecular complexity index is 655. The molecule has 2 aromatic rings. The molecular weight excluding hydrogens is 394 g/mol. The van der Waals surface area contributed by atoms with E-state index in [1.54, 1.807) is 6.07 Å². The van der Waals surface area contributed by atoms with Gasteiger partial charge in [-0.3, -0.25) is 4.79 Å². The Morgan fingerprint density at radius 2 is 1.90 bits per heavy atom. The zero-order valence-corrected chi connectivity index (χ0v) is 15.2. The molecule has 0 spiro atoms. The first-order chi connectivity index (χ1) is 10.0. The lowest BCUT2D eigenvalue weighted by Crippen LogP contribution is -2.14. The highest BCUT2D eigenvalue weighted by Gasteiger charge is 2.14. The zero-order chi connectivity index (χ0) is 15.4. The number of halogens is 2. The summed E-state index contributed by atoms with van der Waals surface area (Å²) in [4.78, 5) is 12.5. The topological polar surface area (TPSA) is 29.1 Å². The summed E-state index contributed by atoms with van der Waals surface area (Å²) in [5.74, 6) is 0.306. The second-order valence-corrected chi connectivity index (χ2v) is 6.74. The highest BCUT2D eigenvalue weighted by Crippen LogP contribution is 2.28. The Kier molecular flexibility index (Phi) is 5.59. The summed E-state index contributed by atoms with van der Waals surface area (Å²) in [5, 5.41) is 3.02. The van der Waals surface area contributed by atoms with Gasteiger partial charge in [-0.1, -0.05) is 48.0 Å². The summed E-state index contributed by atoms with van der Waals surface area (Å²) >= 11 is 6.82. The Balaban J connectivity index is 2.28. The van der Waals surface area contributed by atoms with Gasteiger partial charge in [-0.25, -0.2) is 0 Å². The van der Waals surface area contributed by atoms with Gasteiger partial charge in [-0.2, -0.15) is 0 Å². The number of hydrogen-bond acceptors (Lipinski definition) is 1. The molecule has 4 heteroatoms. The van der Waals surface area contributed by atoms with Gasteiger partial charge in [-0.05, 0) is 58.1 Å². The number of benzene rings is 2. The number of rotatable bonds is 4. The van der Waals surface area contributed by atoms with Crippen molar-refractivity contribution in [3.05, 3.63) is 62.5 Å². The van der Waals surface area contributed by atoms with E-state index >= 15 is 0 Å². The van der Waals surface area contributed by atoms with Crippen molar-refractivity contribution in [3.8, 4) is 0 Å². The first-order valence-electron chi connectivity index (χ1n) is 6.88. The van der Waals surface area contributed by atoms with Crippen molar-refractivity contribution in [2.45, 2.75) is 26.2 Å². The monoisotopic (exact) mass is 409 g/mol. The first-order valence-corrected chi connectivity index (χ1v) is 8.46. The Morgan fingerprint density at radius 1 is 1.19 bits per heavy atom. The van der Waals surface area contributed by atoms with Gasteiger partial charge in [0.25, 0.3) is 5.91 Å². The zero-order valence-electron chi connectivity index (χ0n) is 12.0. The van der Waals surface area contributed by atoms with Crippen molar-refractivity contribution >= 4 is 43.5 Å². The van der Waals surface area contributed by atoms with Crippen LogP contribution in [0.2, 0.25) is 0 Å². The number of para-hydroxylation sites is 1. The quantitative estimate of drug-likeness (QED) is 0.660. The van der Waals surface area contributed by atoms with E-state index < -0.39 is 0 Å². The number of anilines is 1.